The predicted octanol–water partition coefficient (Wildman–Crippen LogP) is 4.67. The number of benzene rings is 2. The molecule has 2 atom stereocenters. The van der Waals surface area contributed by atoms with Crippen molar-refractivity contribution < 1.29 is 32.2 Å². The summed E-state index contributed by atoms with van der Waals surface area (Å²) < 4.78 is 49.5. The number of rotatable bonds is 5. The number of carbonyl (C=O) groups is 2. The van der Waals surface area contributed by atoms with Crippen molar-refractivity contribution in [2.75, 3.05) is 26.6 Å². The Labute approximate surface area is 199 Å². The molecule has 1 aliphatic rings. The number of carbonyl (C=O) groups excluding carboxylic acids is 2. The van der Waals surface area contributed by atoms with Crippen LogP contribution in [-0.2, 0) is 11.0 Å². The lowest BCUT2D eigenvalue weighted by atomic mass is 9.79. The molecule has 4 rings (SSSR count). The second-order valence-corrected chi connectivity index (χ2v) is 7.98. The lowest BCUT2D eigenvalue weighted by Crippen LogP contribution is -2.44. The maximum atomic E-state index is 13.6. The Hall–Kier alpha value is -4.08. The molecule has 2 heterocycles. The Morgan fingerprint density at radius 3 is 2.29 bits per heavy atom. The third-order valence-electron chi connectivity index (χ3n) is 5.96. The molecule has 1 N–H and O–H groups in total. The molecule has 0 saturated heterocycles. The van der Waals surface area contributed by atoms with Gasteiger partial charge < -0.3 is 19.7 Å². The first kappa shape index (κ1) is 24.1. The number of anilines is 1. The standard InChI is InChI=1S/C25H22F3N3O4/c1-31-22(14-5-4-10-29-13-14)21(17-11-19(34-2)20(35-3)12-18(17)24(31)33)23(32)30-16-8-6-15(7-9-16)25(26,27)28/h4-13,21-22H,1-3H3,(H,30,32)/t21-,22+/m1/s1. The molecule has 35 heavy (non-hydrogen) atoms. The molecule has 2 amide bonds. The summed E-state index contributed by atoms with van der Waals surface area (Å²) in [6.45, 7) is 0. The summed E-state index contributed by atoms with van der Waals surface area (Å²) in [5.41, 5.74) is 0.654. The Bertz CT molecular complexity index is 1250. The van der Waals surface area contributed by atoms with Gasteiger partial charge in [-0.15, -0.1) is 0 Å². The smallest absolute Gasteiger partial charge is 0.416 e. The van der Waals surface area contributed by atoms with Crippen LogP contribution in [-0.4, -0.2) is 43.0 Å². The number of halogens is 3. The highest BCUT2D eigenvalue weighted by atomic mass is 19.4. The lowest BCUT2D eigenvalue weighted by Gasteiger charge is -2.39. The van der Waals surface area contributed by atoms with Gasteiger partial charge in [0.2, 0.25) is 5.91 Å². The van der Waals surface area contributed by atoms with Crippen molar-refractivity contribution in [1.29, 1.82) is 0 Å². The van der Waals surface area contributed by atoms with Crippen LogP contribution in [0.15, 0.2) is 60.9 Å². The number of hydrogen-bond donors (Lipinski definition) is 1. The number of fused-ring (bicyclic) bond motifs is 1. The molecular weight excluding hydrogens is 463 g/mol. The van der Waals surface area contributed by atoms with E-state index in [0.29, 0.717) is 22.6 Å². The summed E-state index contributed by atoms with van der Waals surface area (Å²) in [4.78, 5) is 32.5. The molecule has 0 spiro atoms. The quantitative estimate of drug-likeness (QED) is 0.568. The van der Waals surface area contributed by atoms with Crippen LogP contribution in [0, 0.1) is 0 Å². The molecule has 10 heteroatoms. The largest absolute Gasteiger partial charge is 0.493 e. The molecule has 2 aromatic carbocycles. The van der Waals surface area contributed by atoms with Crippen molar-refractivity contribution in [1.82, 2.24) is 9.88 Å². The number of alkyl halides is 3. The Morgan fingerprint density at radius 1 is 1.06 bits per heavy atom. The molecule has 0 unspecified atom stereocenters. The van der Waals surface area contributed by atoms with E-state index >= 15 is 0 Å². The number of nitrogens with zero attached hydrogens (tertiary/aromatic N) is 2. The number of amides is 2. The molecule has 1 aromatic heterocycles. The number of nitrogens with one attached hydrogen (secondary N) is 1. The van der Waals surface area contributed by atoms with E-state index in [1.807, 2.05) is 0 Å². The Balaban J connectivity index is 1.81. The van der Waals surface area contributed by atoms with Gasteiger partial charge in [0.25, 0.3) is 5.91 Å². The summed E-state index contributed by atoms with van der Waals surface area (Å²) in [7, 11) is 4.46. The van der Waals surface area contributed by atoms with Crippen molar-refractivity contribution in [2.45, 2.75) is 18.1 Å². The highest BCUT2D eigenvalue weighted by Crippen LogP contribution is 2.45. The van der Waals surface area contributed by atoms with Crippen LogP contribution in [0.1, 0.15) is 39.0 Å². The van der Waals surface area contributed by atoms with E-state index in [1.54, 1.807) is 37.6 Å². The van der Waals surface area contributed by atoms with Crippen LogP contribution < -0.4 is 14.8 Å². The molecule has 0 bridgehead atoms. The Morgan fingerprint density at radius 2 is 1.71 bits per heavy atom. The second-order valence-electron chi connectivity index (χ2n) is 7.98. The van der Waals surface area contributed by atoms with Crippen LogP contribution in [0.5, 0.6) is 11.5 Å². The van der Waals surface area contributed by atoms with Crippen molar-refractivity contribution in [3.63, 3.8) is 0 Å². The highest BCUT2D eigenvalue weighted by molar-refractivity contribution is 6.04. The molecule has 7 nitrogen and oxygen atoms in total. The molecule has 0 radical (unpaired) electrons. The summed E-state index contributed by atoms with van der Waals surface area (Å²) in [5, 5.41) is 2.70. The summed E-state index contributed by atoms with van der Waals surface area (Å²) in [5.74, 6) is -1.09. The van der Waals surface area contributed by atoms with E-state index in [-0.39, 0.29) is 17.2 Å². The van der Waals surface area contributed by atoms with Crippen molar-refractivity contribution in [3.8, 4) is 11.5 Å². The monoisotopic (exact) mass is 485 g/mol. The number of aromatic nitrogens is 1. The van der Waals surface area contributed by atoms with Gasteiger partial charge in [-0.2, -0.15) is 13.2 Å². The van der Waals surface area contributed by atoms with Crippen LogP contribution in [0.4, 0.5) is 18.9 Å². The molecule has 0 aliphatic carbocycles. The number of likely N-dealkylation sites (N-methyl/N-ethyl adjacent to an activating group) is 1. The van der Waals surface area contributed by atoms with Crippen molar-refractivity contribution in [3.05, 3.63) is 83.2 Å². The Kier molecular flexibility index (Phi) is 6.38. The number of methoxy groups -OCH3 is 2. The van der Waals surface area contributed by atoms with E-state index in [4.69, 9.17) is 9.47 Å². The van der Waals surface area contributed by atoms with E-state index < -0.39 is 29.6 Å². The van der Waals surface area contributed by atoms with E-state index in [1.165, 1.54) is 37.3 Å². The van der Waals surface area contributed by atoms with Crippen LogP contribution in [0.2, 0.25) is 0 Å². The summed E-state index contributed by atoms with van der Waals surface area (Å²) in [6.07, 6.45) is -1.35. The van der Waals surface area contributed by atoms with Gasteiger partial charge >= 0.3 is 6.18 Å². The van der Waals surface area contributed by atoms with E-state index in [2.05, 4.69) is 10.3 Å². The van der Waals surface area contributed by atoms with Crippen LogP contribution in [0.3, 0.4) is 0 Å². The van der Waals surface area contributed by atoms with Gasteiger partial charge in [0.05, 0.1) is 31.7 Å². The number of pyridine rings is 1. The van der Waals surface area contributed by atoms with Crippen LogP contribution >= 0.6 is 0 Å². The zero-order valence-electron chi connectivity index (χ0n) is 19.1. The topological polar surface area (TPSA) is 80.8 Å². The van der Waals surface area contributed by atoms with Crippen molar-refractivity contribution >= 4 is 17.5 Å². The zero-order chi connectivity index (χ0) is 25.3. The van der Waals surface area contributed by atoms with Gasteiger partial charge in [-0.25, -0.2) is 0 Å². The SMILES string of the molecule is COc1cc2c(cc1OC)[C@@H](C(=O)Nc1ccc(C(F)(F)F)cc1)[C@H](c1cccnc1)N(C)C2=O. The molecule has 182 valence electrons. The fraction of sp³-hybridized carbons (Fsp3) is 0.240. The minimum absolute atomic E-state index is 0.189. The number of ether oxygens (including phenoxy) is 2. The third-order valence-corrected chi connectivity index (χ3v) is 5.96. The van der Waals surface area contributed by atoms with Gasteiger partial charge in [0.15, 0.2) is 11.5 Å². The van der Waals surface area contributed by atoms with E-state index in [9.17, 15) is 22.8 Å². The lowest BCUT2D eigenvalue weighted by molar-refractivity contribution is -0.137. The highest BCUT2D eigenvalue weighted by Gasteiger charge is 2.43. The molecule has 3 aromatic rings. The molecule has 1 aliphatic heterocycles. The first-order chi connectivity index (χ1) is 16.7. The van der Waals surface area contributed by atoms with Gasteiger partial charge in [-0.1, -0.05) is 6.07 Å². The van der Waals surface area contributed by atoms with Gasteiger partial charge in [0, 0.05) is 30.7 Å². The zero-order valence-corrected chi connectivity index (χ0v) is 19.1. The first-order valence-electron chi connectivity index (χ1n) is 10.6. The summed E-state index contributed by atoms with van der Waals surface area (Å²) >= 11 is 0. The molecule has 0 saturated carbocycles. The number of hydrogen-bond acceptors (Lipinski definition) is 5. The summed E-state index contributed by atoms with van der Waals surface area (Å²) in [6, 6.07) is 9.99. The fourth-order valence-corrected chi connectivity index (χ4v) is 4.26. The van der Waals surface area contributed by atoms with E-state index in [0.717, 1.165) is 12.1 Å². The fourth-order valence-electron chi connectivity index (χ4n) is 4.26. The predicted molar refractivity (Wildman–Crippen MR) is 121 cm³/mol. The average molecular weight is 485 g/mol. The minimum atomic E-state index is -4.49. The maximum Gasteiger partial charge on any atom is 0.416 e. The van der Waals surface area contributed by atoms with Gasteiger partial charge in [-0.05, 0) is 53.6 Å². The van der Waals surface area contributed by atoms with Crippen molar-refractivity contribution in [2.24, 2.45) is 0 Å². The molecular formula is C25H22F3N3O4. The third kappa shape index (κ3) is 4.51. The first-order valence-corrected chi connectivity index (χ1v) is 10.6. The van der Waals surface area contributed by atoms with Gasteiger partial charge in [0.1, 0.15) is 0 Å². The second kappa shape index (κ2) is 9.28. The maximum absolute atomic E-state index is 13.6. The van der Waals surface area contributed by atoms with Gasteiger partial charge in [-0.3, -0.25) is 14.6 Å². The minimum Gasteiger partial charge on any atom is -0.493 e. The average Bonchev–Trinajstić information content (AvgIpc) is 2.85. The molecule has 0 fully saturated rings. The normalized spacial score (nSPS) is 17.5. The van der Waals surface area contributed by atoms with Crippen LogP contribution in [0.25, 0.3) is 0 Å².